The van der Waals surface area contributed by atoms with E-state index in [2.05, 4.69) is 23.3 Å². The summed E-state index contributed by atoms with van der Waals surface area (Å²) in [6, 6.07) is 28.1. The molecular formula is C28H33N5O3S. The Morgan fingerprint density at radius 2 is 1.22 bits per heavy atom. The molecule has 0 aliphatic heterocycles. The average Bonchev–Trinajstić information content (AvgIpc) is 2.90. The predicted molar refractivity (Wildman–Crippen MR) is 150 cm³/mol. The monoisotopic (exact) mass is 519 g/mol. The number of hydrogen-bond donors (Lipinski definition) is 5. The van der Waals surface area contributed by atoms with E-state index in [1.54, 1.807) is 0 Å². The molecular weight excluding hydrogens is 486 g/mol. The number of nitrogens with zero attached hydrogens (tertiary/aromatic N) is 1. The molecule has 0 radical (unpaired) electrons. The quantitative estimate of drug-likeness (QED) is 0.165. The molecule has 9 heteroatoms. The van der Waals surface area contributed by atoms with Gasteiger partial charge < -0.3 is 27.0 Å². The van der Waals surface area contributed by atoms with Gasteiger partial charge in [-0.3, -0.25) is 14.4 Å². The minimum atomic E-state index is -2.05. The minimum Gasteiger partial charge on any atom is -0.385 e. The van der Waals surface area contributed by atoms with Crippen LogP contribution in [0.2, 0.25) is 0 Å². The van der Waals surface area contributed by atoms with Gasteiger partial charge in [0.25, 0.3) is 11.8 Å². The number of amides is 3. The van der Waals surface area contributed by atoms with Gasteiger partial charge in [-0.2, -0.15) is 12.6 Å². The zero-order chi connectivity index (χ0) is 26.7. The Kier molecular flexibility index (Phi) is 9.97. The second-order valence-electron chi connectivity index (χ2n) is 8.62. The lowest BCUT2D eigenvalue weighted by atomic mass is 9.89. The Morgan fingerprint density at radius 3 is 1.70 bits per heavy atom. The highest BCUT2D eigenvalue weighted by Crippen LogP contribution is 2.24. The van der Waals surface area contributed by atoms with Crippen LogP contribution in [-0.4, -0.2) is 53.0 Å². The molecule has 0 saturated heterocycles. The van der Waals surface area contributed by atoms with Crippen LogP contribution in [0.15, 0.2) is 91.0 Å². The molecule has 0 spiro atoms. The maximum atomic E-state index is 13.8. The van der Waals surface area contributed by atoms with Crippen molar-refractivity contribution in [2.24, 2.45) is 11.5 Å². The first-order valence-corrected chi connectivity index (χ1v) is 12.6. The summed E-state index contributed by atoms with van der Waals surface area (Å²) in [6.45, 7) is 0.453. The summed E-state index contributed by atoms with van der Waals surface area (Å²) in [4.78, 5) is 40.8. The Morgan fingerprint density at radius 1 is 0.757 bits per heavy atom. The van der Waals surface area contributed by atoms with Crippen molar-refractivity contribution >= 4 is 41.7 Å². The molecule has 0 bridgehead atoms. The van der Waals surface area contributed by atoms with Crippen LogP contribution in [0.3, 0.4) is 0 Å². The largest absolute Gasteiger partial charge is 0.385 e. The van der Waals surface area contributed by atoms with Crippen LogP contribution in [0.1, 0.15) is 12.0 Å². The van der Waals surface area contributed by atoms with Crippen LogP contribution in [0.25, 0.3) is 0 Å². The van der Waals surface area contributed by atoms with E-state index in [0.29, 0.717) is 6.42 Å². The molecule has 1 atom stereocenters. The van der Waals surface area contributed by atoms with Crippen LogP contribution in [0, 0.1) is 0 Å². The van der Waals surface area contributed by atoms with Crippen LogP contribution >= 0.6 is 12.6 Å². The number of carbonyl (C=O) groups is 3. The number of nitrogens with one attached hydrogen (secondary N) is 2. The Bertz CT molecular complexity index is 1150. The number of anilines is 2. The highest BCUT2D eigenvalue weighted by molar-refractivity contribution is 7.81. The van der Waals surface area contributed by atoms with Gasteiger partial charge in [0.15, 0.2) is 0 Å². The maximum Gasteiger partial charge on any atom is 0.253 e. The molecule has 0 aromatic heterocycles. The lowest BCUT2D eigenvalue weighted by Gasteiger charge is -2.40. The van der Waals surface area contributed by atoms with Crippen LogP contribution < -0.4 is 22.1 Å². The normalized spacial score (nSPS) is 11.8. The number of benzene rings is 3. The minimum absolute atomic E-state index is 0.0107. The lowest BCUT2D eigenvalue weighted by Crippen LogP contribution is -2.68. The van der Waals surface area contributed by atoms with Crippen molar-refractivity contribution in [3.63, 3.8) is 0 Å². The van der Waals surface area contributed by atoms with Gasteiger partial charge in [-0.15, -0.1) is 0 Å². The van der Waals surface area contributed by atoms with Gasteiger partial charge in [0, 0.05) is 37.4 Å². The number of carbonyl (C=O) groups excluding carboxylic acids is 3. The molecule has 3 aromatic rings. The van der Waals surface area contributed by atoms with E-state index < -0.39 is 28.5 Å². The van der Waals surface area contributed by atoms with E-state index in [0.717, 1.165) is 16.9 Å². The molecule has 3 amide bonds. The zero-order valence-corrected chi connectivity index (χ0v) is 21.4. The van der Waals surface area contributed by atoms with Crippen molar-refractivity contribution in [1.82, 2.24) is 4.90 Å². The Balaban J connectivity index is 1.87. The third-order valence-corrected chi connectivity index (χ3v) is 6.53. The third-order valence-electron chi connectivity index (χ3n) is 6.13. The fraction of sp³-hybridized carbons (Fsp3) is 0.250. The summed E-state index contributed by atoms with van der Waals surface area (Å²) >= 11 is 4.55. The van der Waals surface area contributed by atoms with Gasteiger partial charge in [-0.1, -0.05) is 66.7 Å². The van der Waals surface area contributed by atoms with Gasteiger partial charge in [-0.05, 0) is 36.2 Å². The first-order valence-electron chi connectivity index (χ1n) is 12.1. The molecule has 0 aliphatic carbocycles. The number of para-hydroxylation sites is 2. The lowest BCUT2D eigenvalue weighted by molar-refractivity contribution is -0.153. The van der Waals surface area contributed by atoms with Crippen molar-refractivity contribution in [1.29, 1.82) is 0 Å². The van der Waals surface area contributed by atoms with E-state index in [1.165, 1.54) is 4.90 Å². The first-order chi connectivity index (χ1) is 17.8. The summed E-state index contributed by atoms with van der Waals surface area (Å²) in [5, 5.41) is 5.56. The highest BCUT2D eigenvalue weighted by Gasteiger charge is 2.51. The first kappa shape index (κ1) is 27.6. The van der Waals surface area contributed by atoms with Gasteiger partial charge in [0.2, 0.25) is 11.4 Å². The molecule has 194 valence electrons. The molecule has 0 aliphatic rings. The molecule has 0 saturated carbocycles. The fourth-order valence-electron chi connectivity index (χ4n) is 4.17. The van der Waals surface area contributed by atoms with Gasteiger partial charge >= 0.3 is 0 Å². The van der Waals surface area contributed by atoms with Crippen molar-refractivity contribution in [3.8, 4) is 0 Å². The second kappa shape index (κ2) is 13.4. The topological polar surface area (TPSA) is 131 Å². The van der Waals surface area contributed by atoms with E-state index in [-0.39, 0.29) is 26.1 Å². The van der Waals surface area contributed by atoms with Gasteiger partial charge in [0.05, 0.1) is 5.25 Å². The average molecular weight is 520 g/mol. The molecule has 8 nitrogen and oxygen atoms in total. The number of rotatable bonds is 14. The smallest absolute Gasteiger partial charge is 0.253 e. The van der Waals surface area contributed by atoms with Gasteiger partial charge in [-0.25, -0.2) is 0 Å². The van der Waals surface area contributed by atoms with Gasteiger partial charge in [0.1, 0.15) is 0 Å². The van der Waals surface area contributed by atoms with Crippen LogP contribution in [-0.2, 0) is 20.8 Å². The summed E-state index contributed by atoms with van der Waals surface area (Å²) in [5.41, 5.74) is 12.1. The Hall–Kier alpha value is -3.98. The number of nitrogens with two attached hydrogens (primary N) is 2. The van der Waals surface area contributed by atoms with Crippen molar-refractivity contribution in [3.05, 3.63) is 96.6 Å². The summed E-state index contributed by atoms with van der Waals surface area (Å²) in [5.74, 6) is -2.47. The van der Waals surface area contributed by atoms with E-state index in [9.17, 15) is 14.4 Å². The number of hydrogen-bond acceptors (Lipinski definition) is 6. The van der Waals surface area contributed by atoms with E-state index in [4.69, 9.17) is 11.5 Å². The van der Waals surface area contributed by atoms with Crippen LogP contribution in [0.5, 0.6) is 0 Å². The molecule has 0 fully saturated rings. The maximum absolute atomic E-state index is 13.8. The molecule has 6 N–H and O–H groups in total. The zero-order valence-electron chi connectivity index (χ0n) is 20.5. The van der Waals surface area contributed by atoms with Crippen molar-refractivity contribution < 1.29 is 14.4 Å². The predicted octanol–water partition coefficient (Wildman–Crippen LogP) is 2.68. The van der Waals surface area contributed by atoms with E-state index >= 15 is 0 Å². The second-order valence-corrected chi connectivity index (χ2v) is 9.24. The third kappa shape index (κ3) is 7.27. The SMILES string of the molecule is NC(=O)C(CCNc1ccccc1)(C(N)=O)N(CCNc1ccccc1)C(=O)[C@@H](S)Cc1ccccc1. The number of thiol groups is 1. The van der Waals surface area contributed by atoms with Crippen molar-refractivity contribution in [2.75, 3.05) is 30.3 Å². The molecule has 3 aromatic carbocycles. The molecule has 0 unspecified atom stereocenters. The van der Waals surface area contributed by atoms with E-state index in [1.807, 2.05) is 91.0 Å². The molecule has 37 heavy (non-hydrogen) atoms. The molecule has 0 heterocycles. The fourth-order valence-corrected chi connectivity index (χ4v) is 4.52. The van der Waals surface area contributed by atoms with Crippen LogP contribution in [0.4, 0.5) is 11.4 Å². The molecule has 3 rings (SSSR count). The highest BCUT2D eigenvalue weighted by atomic mass is 32.1. The Labute approximate surface area is 222 Å². The van der Waals surface area contributed by atoms with Crippen molar-refractivity contribution in [2.45, 2.75) is 23.6 Å². The summed E-state index contributed by atoms with van der Waals surface area (Å²) < 4.78 is 0. The number of primary amides is 2. The standard InChI is InChI=1S/C28H33N5O3S/c29-26(35)28(27(30)36,16-17-31-22-12-6-2-7-13-22)33(19-18-32-23-14-8-3-9-15-23)25(34)24(37)20-21-10-4-1-5-11-21/h1-15,24,31-32,37H,16-20H2,(H2,29,35)(H2,30,36)/t24-/m0/s1. The summed E-state index contributed by atoms with van der Waals surface area (Å²) in [7, 11) is 0. The summed E-state index contributed by atoms with van der Waals surface area (Å²) in [6.07, 6.45) is 0.205.